The van der Waals surface area contributed by atoms with Gasteiger partial charge in [0.1, 0.15) is 5.65 Å². The van der Waals surface area contributed by atoms with Crippen LogP contribution in [-0.4, -0.2) is 41.6 Å². The van der Waals surface area contributed by atoms with E-state index in [-0.39, 0.29) is 0 Å². The van der Waals surface area contributed by atoms with Gasteiger partial charge < -0.3 is 19.8 Å². The van der Waals surface area contributed by atoms with Crippen molar-refractivity contribution in [3.05, 3.63) is 35.8 Å². The van der Waals surface area contributed by atoms with Gasteiger partial charge in [0.2, 0.25) is 0 Å². The molecule has 3 rings (SSSR count). The summed E-state index contributed by atoms with van der Waals surface area (Å²) >= 11 is 0. The van der Waals surface area contributed by atoms with Gasteiger partial charge in [-0.05, 0) is 31.9 Å². The highest BCUT2D eigenvalue weighted by molar-refractivity contribution is 5.79. The van der Waals surface area contributed by atoms with E-state index in [0.29, 0.717) is 12.6 Å². The quantitative estimate of drug-likeness (QED) is 0.361. The van der Waals surface area contributed by atoms with E-state index in [2.05, 4.69) is 44.2 Å². The molecule has 142 valence electrons. The Balaban J connectivity index is 1.40. The third kappa shape index (κ3) is 5.21. The Morgan fingerprint density at radius 1 is 1.23 bits per heavy atom. The molecule has 1 aliphatic carbocycles. The number of hydrogen-bond acceptors (Lipinski definition) is 3. The average molecular weight is 358 g/mol. The second-order valence-corrected chi connectivity index (χ2v) is 6.96. The highest BCUT2D eigenvalue weighted by Crippen LogP contribution is 2.19. The number of guanidine groups is 1. The van der Waals surface area contributed by atoms with E-state index >= 15 is 0 Å². The van der Waals surface area contributed by atoms with Crippen molar-refractivity contribution in [1.82, 2.24) is 20.0 Å². The number of pyridine rings is 1. The second-order valence-electron chi connectivity index (χ2n) is 6.96. The first-order valence-corrected chi connectivity index (χ1v) is 9.76. The molecule has 2 N–H and O–H groups in total. The van der Waals surface area contributed by atoms with Crippen molar-refractivity contribution >= 4 is 11.6 Å². The summed E-state index contributed by atoms with van der Waals surface area (Å²) in [5.41, 5.74) is 3.15. The van der Waals surface area contributed by atoms with Crippen LogP contribution in [0.5, 0.6) is 0 Å². The van der Waals surface area contributed by atoms with Crippen molar-refractivity contribution in [1.29, 1.82) is 0 Å². The number of nitrogens with one attached hydrogen (secondary N) is 2. The van der Waals surface area contributed by atoms with Crippen LogP contribution in [-0.2, 0) is 11.3 Å². The van der Waals surface area contributed by atoms with Crippen LogP contribution < -0.4 is 10.6 Å². The number of aryl methyl sites for hydroxylation is 1. The van der Waals surface area contributed by atoms with E-state index in [1.54, 1.807) is 7.05 Å². The number of nitrogens with zero attached hydrogens (tertiary/aromatic N) is 3. The van der Waals surface area contributed by atoms with Gasteiger partial charge in [0.25, 0.3) is 0 Å². The molecule has 26 heavy (non-hydrogen) atoms. The first-order valence-electron chi connectivity index (χ1n) is 9.76. The maximum Gasteiger partial charge on any atom is 0.191 e. The monoisotopic (exact) mass is 357 g/mol. The van der Waals surface area contributed by atoms with Crippen molar-refractivity contribution in [2.24, 2.45) is 4.99 Å². The molecule has 0 amide bonds. The molecule has 6 heteroatoms. The zero-order valence-electron chi connectivity index (χ0n) is 16.0. The first-order chi connectivity index (χ1) is 12.8. The SMILES string of the molecule is CN=C(NCCOC1CCCCCC1)NCc1cn2c(C)cccc2n1. The number of aliphatic imine (C=N–C) groups is 1. The van der Waals surface area contributed by atoms with E-state index in [4.69, 9.17) is 4.74 Å². The van der Waals surface area contributed by atoms with Gasteiger partial charge in [-0.3, -0.25) is 4.99 Å². The molecule has 1 fully saturated rings. The van der Waals surface area contributed by atoms with Crippen LogP contribution in [0.4, 0.5) is 0 Å². The molecule has 2 heterocycles. The third-order valence-electron chi connectivity index (χ3n) is 4.96. The maximum atomic E-state index is 6.01. The Hall–Kier alpha value is -2.08. The van der Waals surface area contributed by atoms with Gasteiger partial charge >= 0.3 is 0 Å². The van der Waals surface area contributed by atoms with Crippen LogP contribution in [0.15, 0.2) is 29.4 Å². The standard InChI is InChI=1S/C20H31N5O/c1-16-8-7-11-19-24-17(15-25(16)19)14-23-20(21-2)22-12-13-26-18-9-5-3-4-6-10-18/h7-8,11,15,18H,3-6,9-10,12-14H2,1-2H3,(H2,21,22,23). The third-order valence-corrected chi connectivity index (χ3v) is 4.96. The fourth-order valence-corrected chi connectivity index (χ4v) is 3.48. The van der Waals surface area contributed by atoms with Gasteiger partial charge in [-0.15, -0.1) is 0 Å². The second kappa shape index (κ2) is 9.57. The number of aromatic nitrogens is 2. The topological polar surface area (TPSA) is 63.0 Å². The van der Waals surface area contributed by atoms with Gasteiger partial charge in [-0.1, -0.05) is 31.7 Å². The highest BCUT2D eigenvalue weighted by atomic mass is 16.5. The van der Waals surface area contributed by atoms with Gasteiger partial charge in [0.05, 0.1) is 24.9 Å². The largest absolute Gasteiger partial charge is 0.376 e. The molecular weight excluding hydrogens is 326 g/mol. The molecule has 1 aliphatic rings. The van der Waals surface area contributed by atoms with Crippen molar-refractivity contribution < 1.29 is 4.74 Å². The summed E-state index contributed by atoms with van der Waals surface area (Å²) in [7, 11) is 1.79. The lowest BCUT2D eigenvalue weighted by Crippen LogP contribution is -2.39. The fraction of sp³-hybridized carbons (Fsp3) is 0.600. The van der Waals surface area contributed by atoms with E-state index in [0.717, 1.165) is 30.5 Å². The van der Waals surface area contributed by atoms with Crippen LogP contribution in [0.25, 0.3) is 5.65 Å². The maximum absolute atomic E-state index is 6.01. The van der Waals surface area contributed by atoms with E-state index in [1.165, 1.54) is 44.2 Å². The van der Waals surface area contributed by atoms with E-state index in [1.807, 2.05) is 12.1 Å². The number of imidazole rings is 1. The molecule has 0 saturated heterocycles. The normalized spacial score (nSPS) is 16.6. The van der Waals surface area contributed by atoms with Crippen LogP contribution in [0.2, 0.25) is 0 Å². The minimum atomic E-state index is 0.440. The zero-order valence-corrected chi connectivity index (χ0v) is 16.0. The predicted molar refractivity (Wildman–Crippen MR) is 106 cm³/mol. The Morgan fingerprint density at radius 3 is 2.77 bits per heavy atom. The lowest BCUT2D eigenvalue weighted by Gasteiger charge is -2.16. The predicted octanol–water partition coefficient (Wildman–Crippen LogP) is 3.05. The summed E-state index contributed by atoms with van der Waals surface area (Å²) in [6, 6.07) is 6.14. The number of rotatable bonds is 6. The molecule has 0 aromatic carbocycles. The summed E-state index contributed by atoms with van der Waals surface area (Å²) in [5, 5.41) is 6.64. The molecule has 0 spiro atoms. The summed E-state index contributed by atoms with van der Waals surface area (Å²) in [5.74, 6) is 0.781. The van der Waals surface area contributed by atoms with Gasteiger partial charge in [-0.25, -0.2) is 4.98 Å². The summed E-state index contributed by atoms with van der Waals surface area (Å²) < 4.78 is 8.12. The molecule has 0 unspecified atom stereocenters. The number of fused-ring (bicyclic) bond motifs is 1. The smallest absolute Gasteiger partial charge is 0.191 e. The molecule has 2 aromatic rings. The van der Waals surface area contributed by atoms with E-state index in [9.17, 15) is 0 Å². The molecule has 2 aromatic heterocycles. The van der Waals surface area contributed by atoms with Crippen LogP contribution in [0.1, 0.15) is 49.9 Å². The minimum Gasteiger partial charge on any atom is -0.376 e. The Labute approximate surface area is 156 Å². The minimum absolute atomic E-state index is 0.440. The molecule has 0 bridgehead atoms. The zero-order chi connectivity index (χ0) is 18.2. The summed E-state index contributed by atoms with van der Waals surface area (Å²) in [6.45, 7) is 4.21. The molecule has 0 radical (unpaired) electrons. The first kappa shape index (κ1) is 18.7. The van der Waals surface area contributed by atoms with Gasteiger partial charge in [0, 0.05) is 25.5 Å². The fourth-order valence-electron chi connectivity index (χ4n) is 3.48. The van der Waals surface area contributed by atoms with Crippen LogP contribution in [0.3, 0.4) is 0 Å². The average Bonchev–Trinajstić information content (AvgIpc) is 2.90. The van der Waals surface area contributed by atoms with Crippen molar-refractivity contribution in [2.75, 3.05) is 20.2 Å². The molecule has 0 atom stereocenters. The molecule has 0 aliphatic heterocycles. The lowest BCUT2D eigenvalue weighted by molar-refractivity contribution is 0.0468. The van der Waals surface area contributed by atoms with E-state index < -0.39 is 0 Å². The van der Waals surface area contributed by atoms with Crippen molar-refractivity contribution in [2.45, 2.75) is 58.1 Å². The summed E-state index contributed by atoms with van der Waals surface area (Å²) in [4.78, 5) is 8.92. The van der Waals surface area contributed by atoms with Gasteiger partial charge in [-0.2, -0.15) is 0 Å². The van der Waals surface area contributed by atoms with Crippen LogP contribution >= 0.6 is 0 Å². The molecular formula is C20H31N5O. The lowest BCUT2D eigenvalue weighted by atomic mass is 10.1. The Bertz CT molecular complexity index is 716. The molecule has 1 saturated carbocycles. The Kier molecular flexibility index (Phi) is 6.89. The Morgan fingerprint density at radius 2 is 2.04 bits per heavy atom. The molecule has 6 nitrogen and oxygen atoms in total. The van der Waals surface area contributed by atoms with Crippen molar-refractivity contribution in [3.8, 4) is 0 Å². The number of ether oxygens (including phenoxy) is 1. The van der Waals surface area contributed by atoms with Gasteiger partial charge in [0.15, 0.2) is 5.96 Å². The summed E-state index contributed by atoms with van der Waals surface area (Å²) in [6.07, 6.45) is 10.3. The highest BCUT2D eigenvalue weighted by Gasteiger charge is 2.12. The number of hydrogen-bond donors (Lipinski definition) is 2. The van der Waals surface area contributed by atoms with Crippen molar-refractivity contribution in [3.63, 3.8) is 0 Å². The van der Waals surface area contributed by atoms with Crippen LogP contribution in [0, 0.1) is 6.92 Å².